The Morgan fingerprint density at radius 2 is 1.90 bits per heavy atom. The highest BCUT2D eigenvalue weighted by atomic mass is 16.1. The summed E-state index contributed by atoms with van der Waals surface area (Å²) in [5.74, 6) is 0.503. The monoisotopic (exact) mass is 560 g/mol. The lowest BCUT2D eigenvalue weighted by Crippen LogP contribution is -2.36. The van der Waals surface area contributed by atoms with Gasteiger partial charge < -0.3 is 16.0 Å². The largest absolute Gasteiger partial charge is 0.369 e. The number of benzene rings is 2. The molecule has 0 saturated carbocycles. The first-order chi connectivity index (χ1) is 20.5. The van der Waals surface area contributed by atoms with Gasteiger partial charge in [-0.05, 0) is 55.3 Å². The average Bonchev–Trinajstić information content (AvgIpc) is 3.56. The lowest BCUT2D eigenvalue weighted by Gasteiger charge is -2.34. The van der Waals surface area contributed by atoms with Crippen molar-refractivity contribution in [1.82, 2.24) is 34.1 Å². The molecule has 1 unspecified atom stereocenters. The van der Waals surface area contributed by atoms with Crippen molar-refractivity contribution < 1.29 is 4.79 Å². The second-order valence-corrected chi connectivity index (χ2v) is 10.4. The molecule has 0 bridgehead atoms. The molecule has 5 heterocycles. The summed E-state index contributed by atoms with van der Waals surface area (Å²) in [6.45, 7) is 1.74. The molecule has 1 aliphatic rings. The number of primary amides is 1. The summed E-state index contributed by atoms with van der Waals surface area (Å²) in [6, 6.07) is 19.3. The number of nitrogens with zero attached hydrogens (tertiary/aromatic N) is 8. The molecule has 1 amide bonds. The average molecular weight is 561 g/mol. The van der Waals surface area contributed by atoms with Gasteiger partial charge in [0.1, 0.15) is 10.9 Å². The van der Waals surface area contributed by atoms with Crippen LogP contribution in [0.1, 0.15) is 29.2 Å². The summed E-state index contributed by atoms with van der Waals surface area (Å²) in [7, 11) is 1.68. The molecule has 12 nitrogen and oxygen atoms in total. The molecule has 1 aliphatic heterocycles. The summed E-state index contributed by atoms with van der Waals surface area (Å²) in [4.78, 5) is 40.4. The lowest BCUT2D eigenvalue weighted by molar-refractivity contribution is 0.100. The van der Waals surface area contributed by atoms with E-state index in [1.54, 1.807) is 30.2 Å². The molecule has 1 fully saturated rings. The van der Waals surface area contributed by atoms with Gasteiger partial charge in [-0.2, -0.15) is 10.1 Å². The number of nitrogens with two attached hydrogens (primary N) is 1. The van der Waals surface area contributed by atoms with Gasteiger partial charge in [0.05, 0.1) is 11.6 Å². The Morgan fingerprint density at radius 1 is 1.05 bits per heavy atom. The molecular weight excluding hydrogens is 532 g/mol. The van der Waals surface area contributed by atoms with Crippen LogP contribution < -0.4 is 21.5 Å². The number of rotatable bonds is 6. The maximum Gasteiger partial charge on any atom is 0.277 e. The standard InChI is InChI=1S/C30H28N10O2/c1-37-29(42)24-16-33-30(35-28(24)40(37)25-9-2-3-14-32-25)34-20-10-12-21(13-11-20)38-15-5-7-22(18-38)39-17-19-6-4-8-23(27(31)41)26(19)36-39/h2-4,6,8-14,16-17,22H,5,7,15,18H2,1H3,(H2,31,41)(H,33,34,35). The summed E-state index contributed by atoms with van der Waals surface area (Å²) in [6.07, 6.45) is 7.24. The van der Waals surface area contributed by atoms with Crippen LogP contribution in [0.5, 0.6) is 0 Å². The number of nitrogens with one attached hydrogen (secondary N) is 1. The Bertz CT molecular complexity index is 1990. The van der Waals surface area contributed by atoms with Crippen molar-refractivity contribution in [2.24, 2.45) is 12.8 Å². The van der Waals surface area contributed by atoms with Crippen LogP contribution in [0, 0.1) is 0 Å². The number of aromatic nitrogens is 7. The minimum Gasteiger partial charge on any atom is -0.369 e. The van der Waals surface area contributed by atoms with Crippen molar-refractivity contribution in [2.75, 3.05) is 23.3 Å². The lowest BCUT2D eigenvalue weighted by atomic mass is 10.0. The van der Waals surface area contributed by atoms with Crippen molar-refractivity contribution in [1.29, 1.82) is 0 Å². The number of hydrogen-bond acceptors (Lipinski definition) is 8. The first-order valence-corrected chi connectivity index (χ1v) is 13.7. The Labute approximate surface area is 240 Å². The number of anilines is 3. The third kappa shape index (κ3) is 4.42. The zero-order valence-electron chi connectivity index (χ0n) is 22.9. The van der Waals surface area contributed by atoms with E-state index in [-0.39, 0.29) is 11.6 Å². The molecule has 7 rings (SSSR count). The molecule has 0 radical (unpaired) electrons. The second kappa shape index (κ2) is 10.1. The number of carbonyl (C=O) groups is 1. The van der Waals surface area contributed by atoms with Crippen molar-refractivity contribution >= 4 is 45.2 Å². The molecule has 1 atom stereocenters. The van der Waals surface area contributed by atoms with Crippen LogP contribution in [0.15, 0.2) is 84.0 Å². The quantitative estimate of drug-likeness (QED) is 0.315. The Morgan fingerprint density at radius 3 is 2.69 bits per heavy atom. The summed E-state index contributed by atoms with van der Waals surface area (Å²) in [5.41, 5.74) is 8.86. The minimum atomic E-state index is -0.471. The smallest absolute Gasteiger partial charge is 0.277 e. The number of pyridine rings is 1. The Kier molecular flexibility index (Phi) is 6.15. The molecule has 3 N–H and O–H groups in total. The summed E-state index contributed by atoms with van der Waals surface area (Å²) >= 11 is 0. The molecule has 0 aliphatic carbocycles. The minimum absolute atomic E-state index is 0.174. The molecule has 4 aromatic heterocycles. The number of amides is 1. The maximum atomic E-state index is 12.8. The SMILES string of the molecule is Cn1c(=O)c2cnc(Nc3ccc(N4CCCC(n5cc6cccc(C(N)=O)c6n5)C4)cc3)nc2n1-c1ccccn1. The first kappa shape index (κ1) is 25.4. The predicted octanol–water partition coefficient (Wildman–Crippen LogP) is 3.55. The van der Waals surface area contributed by atoms with E-state index in [0.717, 1.165) is 42.7 Å². The molecule has 2 aromatic carbocycles. The maximum absolute atomic E-state index is 12.8. The normalized spacial score (nSPS) is 15.4. The van der Waals surface area contributed by atoms with Gasteiger partial charge in [0.15, 0.2) is 11.5 Å². The van der Waals surface area contributed by atoms with Gasteiger partial charge in [-0.1, -0.05) is 18.2 Å². The fourth-order valence-corrected chi connectivity index (χ4v) is 5.63. The molecule has 12 heteroatoms. The van der Waals surface area contributed by atoms with E-state index >= 15 is 0 Å². The van der Waals surface area contributed by atoms with E-state index in [2.05, 4.69) is 37.3 Å². The van der Waals surface area contributed by atoms with E-state index in [4.69, 9.17) is 10.8 Å². The first-order valence-electron chi connectivity index (χ1n) is 13.7. The summed E-state index contributed by atoms with van der Waals surface area (Å²) in [5, 5.41) is 9.32. The highest BCUT2D eigenvalue weighted by Gasteiger charge is 2.23. The van der Waals surface area contributed by atoms with Crippen molar-refractivity contribution in [3.63, 3.8) is 0 Å². The van der Waals surface area contributed by atoms with E-state index in [1.807, 2.05) is 53.3 Å². The van der Waals surface area contributed by atoms with Crippen LogP contribution in [-0.2, 0) is 7.05 Å². The molecule has 1 saturated heterocycles. The zero-order chi connectivity index (χ0) is 28.8. The second-order valence-electron chi connectivity index (χ2n) is 10.4. The van der Waals surface area contributed by atoms with Gasteiger partial charge in [-0.3, -0.25) is 14.3 Å². The van der Waals surface area contributed by atoms with Gasteiger partial charge in [-0.15, -0.1) is 0 Å². The third-order valence-electron chi connectivity index (χ3n) is 7.74. The van der Waals surface area contributed by atoms with Crippen LogP contribution in [0.4, 0.5) is 17.3 Å². The fraction of sp³-hybridized carbons (Fsp3) is 0.200. The van der Waals surface area contributed by atoms with Crippen LogP contribution >= 0.6 is 0 Å². The van der Waals surface area contributed by atoms with Crippen molar-refractivity contribution in [3.8, 4) is 5.82 Å². The molecular formula is C30H28N10O2. The van der Waals surface area contributed by atoms with Crippen LogP contribution in [0.25, 0.3) is 27.8 Å². The van der Waals surface area contributed by atoms with Gasteiger partial charge in [0.25, 0.3) is 11.5 Å². The van der Waals surface area contributed by atoms with Gasteiger partial charge in [0.2, 0.25) is 5.95 Å². The van der Waals surface area contributed by atoms with Gasteiger partial charge >= 0.3 is 0 Å². The fourth-order valence-electron chi connectivity index (χ4n) is 5.63. The highest BCUT2D eigenvalue weighted by Crippen LogP contribution is 2.29. The zero-order valence-corrected chi connectivity index (χ0v) is 22.9. The number of piperidine rings is 1. The van der Waals surface area contributed by atoms with Crippen molar-refractivity contribution in [2.45, 2.75) is 18.9 Å². The Hall–Kier alpha value is -5.52. The van der Waals surface area contributed by atoms with Crippen LogP contribution in [0.2, 0.25) is 0 Å². The Balaban J connectivity index is 1.10. The molecule has 42 heavy (non-hydrogen) atoms. The number of hydrogen-bond donors (Lipinski definition) is 2. The summed E-state index contributed by atoms with van der Waals surface area (Å²) < 4.78 is 5.13. The van der Waals surface area contributed by atoms with Gasteiger partial charge in [0, 0.05) is 55.5 Å². The van der Waals surface area contributed by atoms with E-state index in [1.165, 1.54) is 4.68 Å². The number of carbonyl (C=O) groups excluding carboxylic acids is 1. The highest BCUT2D eigenvalue weighted by molar-refractivity contribution is 6.04. The molecule has 210 valence electrons. The molecule has 6 aromatic rings. The van der Waals surface area contributed by atoms with Crippen LogP contribution in [-0.4, -0.2) is 53.1 Å². The third-order valence-corrected chi connectivity index (χ3v) is 7.74. The van der Waals surface area contributed by atoms with E-state index in [0.29, 0.717) is 33.9 Å². The topological polar surface area (TPSA) is 142 Å². The van der Waals surface area contributed by atoms with Gasteiger partial charge in [-0.25, -0.2) is 19.3 Å². The van der Waals surface area contributed by atoms with E-state index < -0.39 is 5.91 Å². The van der Waals surface area contributed by atoms with Crippen molar-refractivity contribution in [3.05, 3.63) is 95.2 Å². The predicted molar refractivity (Wildman–Crippen MR) is 160 cm³/mol. The van der Waals surface area contributed by atoms with Crippen LogP contribution in [0.3, 0.4) is 0 Å². The van der Waals surface area contributed by atoms with E-state index in [9.17, 15) is 9.59 Å². The number of fused-ring (bicyclic) bond motifs is 2. The molecule has 0 spiro atoms.